The molecular formula is C17H18FNO4. The van der Waals surface area contributed by atoms with Gasteiger partial charge in [0.2, 0.25) is 0 Å². The highest BCUT2D eigenvalue weighted by molar-refractivity contribution is 5.67. The first-order valence-electron chi connectivity index (χ1n) is 7.14. The Morgan fingerprint density at radius 1 is 1.13 bits per heavy atom. The summed E-state index contributed by atoms with van der Waals surface area (Å²) < 4.78 is 23.0. The molecule has 0 aliphatic rings. The van der Waals surface area contributed by atoms with Crippen molar-refractivity contribution in [3.8, 4) is 5.75 Å². The van der Waals surface area contributed by atoms with Gasteiger partial charge in [-0.1, -0.05) is 30.3 Å². The molecule has 0 saturated heterocycles. The van der Waals surface area contributed by atoms with Gasteiger partial charge in [0, 0.05) is 0 Å². The molecule has 1 atom stereocenters. The highest BCUT2D eigenvalue weighted by Gasteiger charge is 2.09. The molecule has 1 amide bonds. The van der Waals surface area contributed by atoms with Crippen molar-refractivity contribution < 1.29 is 23.8 Å². The summed E-state index contributed by atoms with van der Waals surface area (Å²) in [5.41, 5.74) is 0.878. The van der Waals surface area contributed by atoms with E-state index in [0.29, 0.717) is 5.75 Å². The molecule has 5 nitrogen and oxygen atoms in total. The van der Waals surface area contributed by atoms with Crippen molar-refractivity contribution in [3.63, 3.8) is 0 Å². The van der Waals surface area contributed by atoms with E-state index in [4.69, 9.17) is 9.47 Å². The third-order valence-corrected chi connectivity index (χ3v) is 2.95. The lowest BCUT2D eigenvalue weighted by atomic mass is 10.2. The second-order valence-electron chi connectivity index (χ2n) is 4.86. The van der Waals surface area contributed by atoms with Crippen molar-refractivity contribution in [1.29, 1.82) is 0 Å². The summed E-state index contributed by atoms with van der Waals surface area (Å²) in [7, 11) is 0. The minimum Gasteiger partial charge on any atom is -0.491 e. The first-order valence-corrected chi connectivity index (χ1v) is 7.14. The van der Waals surface area contributed by atoms with E-state index in [1.807, 2.05) is 30.3 Å². The maximum absolute atomic E-state index is 12.7. The molecule has 6 heteroatoms. The summed E-state index contributed by atoms with van der Waals surface area (Å²) in [6.07, 6.45) is -1.51. The smallest absolute Gasteiger partial charge is 0.407 e. The SMILES string of the molecule is O=C(NCC(O)COc1ccc(F)cc1)OCc1ccccc1. The third-order valence-electron chi connectivity index (χ3n) is 2.95. The average molecular weight is 319 g/mol. The highest BCUT2D eigenvalue weighted by Crippen LogP contribution is 2.11. The van der Waals surface area contributed by atoms with Crippen LogP contribution in [0.2, 0.25) is 0 Å². The summed E-state index contributed by atoms with van der Waals surface area (Å²) in [5, 5.41) is 12.2. The number of hydrogen-bond acceptors (Lipinski definition) is 4. The van der Waals surface area contributed by atoms with Crippen molar-refractivity contribution in [2.24, 2.45) is 0 Å². The van der Waals surface area contributed by atoms with Gasteiger partial charge in [0.1, 0.15) is 30.9 Å². The highest BCUT2D eigenvalue weighted by atomic mass is 19.1. The number of ether oxygens (including phenoxy) is 2. The Morgan fingerprint density at radius 2 is 1.83 bits per heavy atom. The molecule has 2 N–H and O–H groups in total. The van der Waals surface area contributed by atoms with Gasteiger partial charge in [-0.05, 0) is 29.8 Å². The van der Waals surface area contributed by atoms with Crippen molar-refractivity contribution in [3.05, 3.63) is 66.0 Å². The number of aliphatic hydroxyl groups excluding tert-OH is 1. The quantitative estimate of drug-likeness (QED) is 0.823. The standard InChI is InChI=1S/C17H18FNO4/c18-14-6-8-16(9-7-14)22-12-15(20)10-19-17(21)23-11-13-4-2-1-3-5-13/h1-9,15,20H,10-12H2,(H,19,21). The third kappa shape index (κ3) is 6.36. The lowest BCUT2D eigenvalue weighted by Gasteiger charge is -2.13. The van der Waals surface area contributed by atoms with Gasteiger partial charge in [0.05, 0.1) is 6.54 Å². The second kappa shape index (κ2) is 8.75. The van der Waals surface area contributed by atoms with Crippen molar-refractivity contribution in [2.45, 2.75) is 12.7 Å². The zero-order valence-electron chi connectivity index (χ0n) is 12.4. The van der Waals surface area contributed by atoms with E-state index in [9.17, 15) is 14.3 Å². The molecule has 2 aromatic carbocycles. The number of alkyl carbamates (subject to hydrolysis) is 1. The average Bonchev–Trinajstić information content (AvgIpc) is 2.58. The number of amides is 1. The molecule has 23 heavy (non-hydrogen) atoms. The molecule has 122 valence electrons. The van der Waals surface area contributed by atoms with Gasteiger partial charge in [-0.15, -0.1) is 0 Å². The fourth-order valence-corrected chi connectivity index (χ4v) is 1.76. The topological polar surface area (TPSA) is 67.8 Å². The molecule has 0 saturated carbocycles. The number of aliphatic hydroxyl groups is 1. The van der Waals surface area contributed by atoms with Crippen LogP contribution in [-0.4, -0.2) is 30.5 Å². The van der Waals surface area contributed by atoms with Crippen LogP contribution in [0.5, 0.6) is 5.75 Å². The molecule has 0 fully saturated rings. The Labute approximate surface area is 133 Å². The number of carbonyl (C=O) groups is 1. The lowest BCUT2D eigenvalue weighted by molar-refractivity contribution is 0.0965. The van der Waals surface area contributed by atoms with Crippen LogP contribution >= 0.6 is 0 Å². The van der Waals surface area contributed by atoms with Crippen molar-refractivity contribution in [2.75, 3.05) is 13.2 Å². The van der Waals surface area contributed by atoms with Gasteiger partial charge in [-0.2, -0.15) is 0 Å². The van der Waals surface area contributed by atoms with Gasteiger partial charge in [-0.25, -0.2) is 9.18 Å². The van der Waals surface area contributed by atoms with Crippen LogP contribution in [-0.2, 0) is 11.3 Å². The summed E-state index contributed by atoms with van der Waals surface area (Å²) >= 11 is 0. The second-order valence-corrected chi connectivity index (χ2v) is 4.86. The van der Waals surface area contributed by atoms with Crippen LogP contribution in [0.4, 0.5) is 9.18 Å². The van der Waals surface area contributed by atoms with E-state index in [2.05, 4.69) is 5.32 Å². The van der Waals surface area contributed by atoms with Crippen LogP contribution in [0.15, 0.2) is 54.6 Å². The lowest BCUT2D eigenvalue weighted by Crippen LogP contribution is -2.35. The van der Waals surface area contributed by atoms with Gasteiger partial charge in [-0.3, -0.25) is 0 Å². The maximum Gasteiger partial charge on any atom is 0.407 e. The van der Waals surface area contributed by atoms with E-state index >= 15 is 0 Å². The zero-order chi connectivity index (χ0) is 16.5. The summed E-state index contributed by atoms with van der Waals surface area (Å²) in [5.74, 6) is 0.0813. The number of halogens is 1. The zero-order valence-corrected chi connectivity index (χ0v) is 12.4. The Bertz CT molecular complexity index is 604. The fraction of sp³-hybridized carbons (Fsp3) is 0.235. The van der Waals surface area contributed by atoms with Crippen LogP contribution in [0.3, 0.4) is 0 Å². The van der Waals surface area contributed by atoms with E-state index in [1.165, 1.54) is 24.3 Å². The molecule has 0 heterocycles. The van der Waals surface area contributed by atoms with Crippen LogP contribution in [0.25, 0.3) is 0 Å². The van der Waals surface area contributed by atoms with Crippen LogP contribution in [0.1, 0.15) is 5.56 Å². The van der Waals surface area contributed by atoms with Crippen molar-refractivity contribution in [1.82, 2.24) is 5.32 Å². The first-order chi connectivity index (χ1) is 11.1. The molecule has 1 unspecified atom stereocenters. The minimum absolute atomic E-state index is 0.00514. The van der Waals surface area contributed by atoms with Gasteiger partial charge in [0.25, 0.3) is 0 Å². The monoisotopic (exact) mass is 319 g/mol. The summed E-state index contributed by atoms with van der Waals surface area (Å²) in [6.45, 7) is 0.133. The Balaban J connectivity index is 1.62. The molecule has 0 bridgehead atoms. The molecule has 0 radical (unpaired) electrons. The van der Waals surface area contributed by atoms with Gasteiger partial charge < -0.3 is 19.9 Å². The normalized spacial score (nSPS) is 11.6. The van der Waals surface area contributed by atoms with E-state index < -0.39 is 12.2 Å². The maximum atomic E-state index is 12.7. The Morgan fingerprint density at radius 3 is 2.52 bits per heavy atom. The first kappa shape index (κ1) is 16.8. The van der Waals surface area contributed by atoms with Crippen LogP contribution < -0.4 is 10.1 Å². The Hall–Kier alpha value is -2.60. The van der Waals surface area contributed by atoms with Gasteiger partial charge in [0.15, 0.2) is 0 Å². The predicted octanol–water partition coefficient (Wildman–Crippen LogP) is 2.49. The van der Waals surface area contributed by atoms with E-state index in [0.717, 1.165) is 5.56 Å². The molecular weight excluding hydrogens is 301 g/mol. The Kier molecular flexibility index (Phi) is 6.38. The minimum atomic E-state index is -0.899. The largest absolute Gasteiger partial charge is 0.491 e. The molecule has 2 rings (SSSR count). The summed E-state index contributed by atoms with van der Waals surface area (Å²) in [4.78, 5) is 11.5. The van der Waals surface area contributed by atoms with Crippen molar-refractivity contribution >= 4 is 6.09 Å². The number of benzene rings is 2. The van der Waals surface area contributed by atoms with E-state index in [1.54, 1.807) is 0 Å². The fourth-order valence-electron chi connectivity index (χ4n) is 1.76. The molecule has 0 aliphatic carbocycles. The molecule has 2 aromatic rings. The molecule has 0 spiro atoms. The summed E-state index contributed by atoms with van der Waals surface area (Å²) in [6, 6.07) is 14.7. The molecule has 0 aromatic heterocycles. The van der Waals surface area contributed by atoms with Gasteiger partial charge >= 0.3 is 6.09 Å². The van der Waals surface area contributed by atoms with E-state index in [-0.39, 0.29) is 25.6 Å². The number of rotatable bonds is 7. The number of carbonyl (C=O) groups excluding carboxylic acids is 1. The predicted molar refractivity (Wildman–Crippen MR) is 82.5 cm³/mol. The number of hydrogen-bond donors (Lipinski definition) is 2. The van der Waals surface area contributed by atoms with Crippen LogP contribution in [0, 0.1) is 5.82 Å². The number of nitrogens with one attached hydrogen (secondary N) is 1. The molecule has 0 aliphatic heterocycles.